The number of phenolic OH excluding ortho intramolecular Hbond substituents is 1. The maximum absolute atomic E-state index is 13.8. The topological polar surface area (TPSA) is 155 Å². The van der Waals surface area contributed by atoms with Crippen molar-refractivity contribution < 1.29 is 38.9 Å². The number of phenols is 1. The molecule has 2 aromatic rings. The van der Waals surface area contributed by atoms with Crippen LogP contribution in [-0.2, 0) is 30.3 Å². The molecule has 2 aliphatic heterocycles. The normalized spacial score (nSPS) is 28.4. The van der Waals surface area contributed by atoms with Crippen LogP contribution in [0.15, 0.2) is 54.6 Å². The maximum atomic E-state index is 13.8. The number of aliphatic hydroxyl groups is 1. The Hall–Kier alpha value is -3.96. The van der Waals surface area contributed by atoms with Crippen molar-refractivity contribution in [2.24, 2.45) is 11.8 Å². The van der Waals surface area contributed by atoms with Gasteiger partial charge >= 0.3 is 5.97 Å². The van der Waals surface area contributed by atoms with E-state index in [1.807, 2.05) is 30.3 Å². The van der Waals surface area contributed by atoms with Gasteiger partial charge in [-0.2, -0.15) is 0 Å². The lowest BCUT2D eigenvalue weighted by atomic mass is 9.91. The molecule has 2 saturated heterocycles. The van der Waals surface area contributed by atoms with Gasteiger partial charge in [-0.05, 0) is 38.0 Å². The molecule has 2 aliphatic rings. The highest BCUT2D eigenvalue weighted by Crippen LogP contribution is 2.25. The summed E-state index contributed by atoms with van der Waals surface area (Å²) in [6.07, 6.45) is -2.37. The zero-order chi connectivity index (χ0) is 29.0. The van der Waals surface area contributed by atoms with Gasteiger partial charge < -0.3 is 35.2 Å². The van der Waals surface area contributed by atoms with Crippen molar-refractivity contribution in [2.75, 3.05) is 20.3 Å². The van der Waals surface area contributed by atoms with Crippen LogP contribution in [0.1, 0.15) is 29.8 Å². The van der Waals surface area contributed by atoms with Crippen LogP contribution in [0.2, 0.25) is 0 Å². The minimum absolute atomic E-state index is 0.0458. The van der Waals surface area contributed by atoms with Gasteiger partial charge in [-0.3, -0.25) is 19.2 Å². The van der Waals surface area contributed by atoms with Crippen LogP contribution < -0.4 is 10.6 Å². The molecule has 3 amide bonds. The predicted octanol–water partition coefficient (Wildman–Crippen LogP) is 0.634. The number of carbonyl (C=O) groups excluding carboxylic acids is 4. The van der Waals surface area contributed by atoms with Crippen LogP contribution in [0.25, 0.3) is 0 Å². The van der Waals surface area contributed by atoms with Crippen LogP contribution in [0.3, 0.4) is 0 Å². The van der Waals surface area contributed by atoms with Gasteiger partial charge in [0.25, 0.3) is 11.8 Å². The molecule has 0 radical (unpaired) electrons. The van der Waals surface area contributed by atoms with Crippen molar-refractivity contribution in [3.8, 4) is 5.75 Å². The third-order valence-corrected chi connectivity index (χ3v) is 7.66. The highest BCUT2D eigenvalue weighted by atomic mass is 16.6. The summed E-state index contributed by atoms with van der Waals surface area (Å²) in [6.45, 7) is 3.49. The standard InChI is InChI=1S/C29H35N3O8/c1-16-24(34)21(13-18-9-5-4-6-10-18)30-27(36)23(31-26(35)20-11-7-8-12-22(20)33)17(2)32(3)28(37)25(40-29(16)38)19-14-39-15-19/h4-12,16-17,19,21,23-25,33-34H,13-15H2,1-3H3,(H,30,36)(H,31,35)/t16-,17-,21+,23+,24+,25?/m1/s1. The number of amides is 3. The Labute approximate surface area is 232 Å². The number of nitrogens with one attached hydrogen (secondary N) is 2. The van der Waals surface area contributed by atoms with E-state index in [-0.39, 0.29) is 36.9 Å². The van der Waals surface area contributed by atoms with Crippen molar-refractivity contribution in [3.05, 3.63) is 65.7 Å². The number of hydrogen-bond donors (Lipinski definition) is 4. The summed E-state index contributed by atoms with van der Waals surface area (Å²) < 4.78 is 10.9. The fourth-order valence-corrected chi connectivity index (χ4v) is 4.81. The number of aromatic hydroxyl groups is 1. The smallest absolute Gasteiger partial charge is 0.312 e. The zero-order valence-corrected chi connectivity index (χ0v) is 22.7. The van der Waals surface area contributed by atoms with Crippen LogP contribution in [0, 0.1) is 11.8 Å². The molecule has 11 nitrogen and oxygen atoms in total. The molecule has 0 spiro atoms. The number of nitrogens with zero attached hydrogens (tertiary/aromatic N) is 1. The van der Waals surface area contributed by atoms with E-state index in [1.54, 1.807) is 19.1 Å². The highest BCUT2D eigenvalue weighted by molar-refractivity contribution is 6.00. The lowest BCUT2D eigenvalue weighted by Crippen LogP contribution is -2.63. The van der Waals surface area contributed by atoms with Gasteiger partial charge in [-0.25, -0.2) is 0 Å². The molecule has 0 aliphatic carbocycles. The van der Waals surface area contributed by atoms with Gasteiger partial charge in [-0.1, -0.05) is 42.5 Å². The molecule has 0 aromatic heterocycles. The largest absolute Gasteiger partial charge is 0.507 e. The first kappa shape index (κ1) is 29.0. The van der Waals surface area contributed by atoms with Gasteiger partial charge in [0.1, 0.15) is 11.8 Å². The van der Waals surface area contributed by atoms with Crippen molar-refractivity contribution in [1.29, 1.82) is 0 Å². The first-order valence-electron chi connectivity index (χ1n) is 13.2. The predicted molar refractivity (Wildman–Crippen MR) is 143 cm³/mol. The number of rotatable bonds is 5. The number of esters is 1. The van der Waals surface area contributed by atoms with Gasteiger partial charge in [0, 0.05) is 7.05 Å². The maximum Gasteiger partial charge on any atom is 0.312 e. The van der Waals surface area contributed by atoms with Crippen LogP contribution >= 0.6 is 0 Å². The van der Waals surface area contributed by atoms with E-state index in [2.05, 4.69) is 10.6 Å². The molecule has 1 unspecified atom stereocenters. The molecule has 0 saturated carbocycles. The van der Waals surface area contributed by atoms with E-state index >= 15 is 0 Å². The van der Waals surface area contributed by atoms with E-state index in [0.29, 0.717) is 0 Å². The molecule has 214 valence electrons. The minimum atomic E-state index is -1.37. The number of ether oxygens (including phenoxy) is 2. The Balaban J connectivity index is 1.71. The summed E-state index contributed by atoms with van der Waals surface area (Å²) in [5, 5.41) is 26.9. The molecule has 2 aromatic carbocycles. The fourth-order valence-electron chi connectivity index (χ4n) is 4.81. The second kappa shape index (κ2) is 12.5. The van der Waals surface area contributed by atoms with E-state index in [0.717, 1.165) is 5.56 Å². The average Bonchev–Trinajstić information content (AvgIpc) is 2.92. The average molecular weight is 554 g/mol. The minimum Gasteiger partial charge on any atom is -0.507 e. The number of likely N-dealkylation sites (N-methyl/N-ethyl adjacent to an activating group) is 1. The Bertz CT molecular complexity index is 1230. The van der Waals surface area contributed by atoms with Crippen molar-refractivity contribution in [2.45, 2.75) is 50.6 Å². The molecule has 4 rings (SSSR count). The van der Waals surface area contributed by atoms with E-state index in [9.17, 15) is 29.4 Å². The van der Waals surface area contributed by atoms with Crippen LogP contribution in [0.4, 0.5) is 0 Å². The molecule has 6 atom stereocenters. The van der Waals surface area contributed by atoms with Crippen molar-refractivity contribution in [1.82, 2.24) is 15.5 Å². The molecule has 2 fully saturated rings. The molecule has 2 heterocycles. The summed E-state index contributed by atoms with van der Waals surface area (Å²) in [6, 6.07) is 11.9. The lowest BCUT2D eigenvalue weighted by molar-refractivity contribution is -0.182. The third kappa shape index (κ3) is 6.26. The van der Waals surface area contributed by atoms with Gasteiger partial charge in [0.2, 0.25) is 5.91 Å². The number of cyclic esters (lactones) is 1. The summed E-state index contributed by atoms with van der Waals surface area (Å²) in [7, 11) is 1.46. The second-order valence-electron chi connectivity index (χ2n) is 10.4. The van der Waals surface area contributed by atoms with Crippen molar-refractivity contribution in [3.63, 3.8) is 0 Å². The second-order valence-corrected chi connectivity index (χ2v) is 10.4. The third-order valence-electron chi connectivity index (χ3n) is 7.66. The number of hydrogen-bond acceptors (Lipinski definition) is 8. The zero-order valence-electron chi connectivity index (χ0n) is 22.7. The Morgan fingerprint density at radius 2 is 1.70 bits per heavy atom. The quantitative estimate of drug-likeness (QED) is 0.393. The van der Waals surface area contributed by atoms with Gasteiger partial charge in [0.15, 0.2) is 6.10 Å². The Morgan fingerprint density at radius 1 is 1.05 bits per heavy atom. The Kier molecular flexibility index (Phi) is 9.06. The van der Waals surface area contributed by atoms with Crippen molar-refractivity contribution >= 4 is 23.7 Å². The first-order chi connectivity index (χ1) is 19.1. The molecule has 40 heavy (non-hydrogen) atoms. The molecular formula is C29H35N3O8. The summed E-state index contributed by atoms with van der Waals surface area (Å²) in [5.74, 6) is -4.46. The SMILES string of the molecule is C[C@@H]1[C@H](NC(=O)c2ccccc2O)C(=O)N[C@@H](Cc2ccccc2)[C@@H](O)[C@@H](C)C(=O)OC(C2COC2)C(=O)N1C. The van der Waals surface area contributed by atoms with E-state index in [4.69, 9.17) is 9.47 Å². The molecular weight excluding hydrogens is 518 g/mol. The van der Waals surface area contributed by atoms with E-state index < -0.39 is 59.9 Å². The number of carbonyl (C=O) groups is 4. The fraction of sp³-hybridized carbons (Fsp3) is 0.448. The molecule has 4 N–H and O–H groups in total. The number of para-hydroxylation sites is 1. The van der Waals surface area contributed by atoms with Crippen LogP contribution in [0.5, 0.6) is 5.75 Å². The monoisotopic (exact) mass is 553 g/mol. The first-order valence-corrected chi connectivity index (χ1v) is 13.2. The summed E-state index contributed by atoms with van der Waals surface area (Å²) in [5.41, 5.74) is 0.759. The summed E-state index contributed by atoms with van der Waals surface area (Å²) >= 11 is 0. The van der Waals surface area contributed by atoms with Crippen LogP contribution in [-0.4, -0.2) is 89.4 Å². The molecule has 11 heteroatoms. The van der Waals surface area contributed by atoms with Gasteiger partial charge in [-0.15, -0.1) is 0 Å². The summed E-state index contributed by atoms with van der Waals surface area (Å²) in [4.78, 5) is 54.9. The number of aliphatic hydroxyl groups excluding tert-OH is 1. The lowest BCUT2D eigenvalue weighted by Gasteiger charge is -2.40. The van der Waals surface area contributed by atoms with E-state index in [1.165, 1.54) is 31.0 Å². The number of benzene rings is 2. The molecule has 0 bridgehead atoms. The van der Waals surface area contributed by atoms with Gasteiger partial charge in [0.05, 0.1) is 48.8 Å². The Morgan fingerprint density at radius 3 is 2.33 bits per heavy atom. The highest BCUT2D eigenvalue weighted by Gasteiger charge is 2.44.